The van der Waals surface area contributed by atoms with Crippen molar-refractivity contribution in [3.8, 4) is 0 Å². The molecule has 0 radical (unpaired) electrons. The molecule has 1 aromatic heterocycles. The number of rotatable bonds is 5. The zero-order chi connectivity index (χ0) is 21.6. The van der Waals surface area contributed by atoms with Crippen LogP contribution in [-0.2, 0) is 6.42 Å². The second-order valence-electron chi connectivity index (χ2n) is 7.28. The number of hydrogen-bond acceptors (Lipinski definition) is 6. The van der Waals surface area contributed by atoms with E-state index in [4.69, 9.17) is 16.6 Å². The first-order chi connectivity index (χ1) is 15.1. The molecule has 9 heteroatoms. The molecule has 0 saturated carbocycles. The predicted octanol–water partition coefficient (Wildman–Crippen LogP) is 5.25. The van der Waals surface area contributed by atoms with Crippen molar-refractivity contribution in [2.75, 3.05) is 42.7 Å². The Kier molecular flexibility index (Phi) is 7.32. The lowest BCUT2D eigenvalue weighted by Gasteiger charge is -2.22. The van der Waals surface area contributed by atoms with Gasteiger partial charge in [-0.1, -0.05) is 23.7 Å². The Balaban J connectivity index is 1.32. The van der Waals surface area contributed by atoms with Crippen LogP contribution in [0.3, 0.4) is 0 Å². The predicted molar refractivity (Wildman–Crippen MR) is 130 cm³/mol. The molecule has 0 aliphatic carbocycles. The van der Waals surface area contributed by atoms with Crippen molar-refractivity contribution < 1.29 is 4.79 Å². The molecule has 1 saturated heterocycles. The fraction of sp³-hybridized carbons (Fsp3) is 0.318. The van der Waals surface area contributed by atoms with E-state index in [0.717, 1.165) is 53.3 Å². The third-order valence-electron chi connectivity index (χ3n) is 5.13. The van der Waals surface area contributed by atoms with Gasteiger partial charge in [-0.05, 0) is 54.6 Å². The quantitative estimate of drug-likeness (QED) is 0.513. The van der Waals surface area contributed by atoms with Crippen molar-refractivity contribution in [3.05, 3.63) is 64.9 Å². The number of amides is 2. The van der Waals surface area contributed by atoms with Gasteiger partial charge in [0.2, 0.25) is 5.13 Å². The Hall–Kier alpha value is -2.29. The number of nitrogens with zero attached hydrogens (tertiary/aromatic N) is 4. The Morgan fingerprint density at radius 1 is 1.10 bits per heavy atom. The molecule has 31 heavy (non-hydrogen) atoms. The summed E-state index contributed by atoms with van der Waals surface area (Å²) >= 11 is 9.06. The molecule has 0 unspecified atom stereocenters. The van der Waals surface area contributed by atoms with Crippen molar-refractivity contribution in [3.63, 3.8) is 0 Å². The summed E-state index contributed by atoms with van der Waals surface area (Å²) in [6.07, 6.45) is 3.62. The zero-order valence-corrected chi connectivity index (χ0v) is 19.6. The average Bonchev–Trinajstić information content (AvgIpc) is 3.10. The van der Waals surface area contributed by atoms with Gasteiger partial charge in [-0.15, -0.1) is 11.8 Å². The van der Waals surface area contributed by atoms with Crippen LogP contribution < -0.4 is 10.2 Å². The van der Waals surface area contributed by atoms with Gasteiger partial charge in [-0.3, -0.25) is 0 Å². The summed E-state index contributed by atoms with van der Waals surface area (Å²) in [6.45, 7) is 2.98. The van der Waals surface area contributed by atoms with Crippen LogP contribution in [0.25, 0.3) is 0 Å². The van der Waals surface area contributed by atoms with Crippen molar-refractivity contribution in [2.45, 2.75) is 17.7 Å². The highest BCUT2D eigenvalue weighted by Crippen LogP contribution is 2.22. The van der Waals surface area contributed by atoms with Gasteiger partial charge in [-0.2, -0.15) is 4.37 Å². The van der Waals surface area contributed by atoms with Crippen LogP contribution in [0.5, 0.6) is 0 Å². The van der Waals surface area contributed by atoms with E-state index in [-0.39, 0.29) is 6.03 Å². The molecule has 1 fully saturated rings. The zero-order valence-electron chi connectivity index (χ0n) is 17.3. The molecule has 1 N–H and O–H groups in total. The Morgan fingerprint density at radius 2 is 1.87 bits per heavy atom. The van der Waals surface area contributed by atoms with Gasteiger partial charge in [-0.25, -0.2) is 9.78 Å². The van der Waals surface area contributed by atoms with Gasteiger partial charge in [0.25, 0.3) is 0 Å². The molecule has 3 aromatic rings. The van der Waals surface area contributed by atoms with Gasteiger partial charge in [0.1, 0.15) is 5.82 Å². The number of nitrogens with one attached hydrogen (secondary N) is 1. The summed E-state index contributed by atoms with van der Waals surface area (Å²) in [5.74, 6) is 0.815. The maximum absolute atomic E-state index is 12.7. The van der Waals surface area contributed by atoms with Crippen LogP contribution in [0.15, 0.2) is 53.4 Å². The summed E-state index contributed by atoms with van der Waals surface area (Å²) in [4.78, 5) is 22.7. The number of carbonyl (C=O) groups excluding carboxylic acids is 1. The molecule has 1 aliphatic heterocycles. The van der Waals surface area contributed by atoms with Crippen LogP contribution >= 0.6 is 34.9 Å². The minimum Gasteiger partial charge on any atom is -0.345 e. The molecule has 162 valence electrons. The standard InChI is InChI=1S/C22H24ClN5OS2/c1-30-19-9-7-18(8-10-19)24-21(29)27-11-2-12-28(14-13-27)22-25-20(26-31-22)15-16-3-5-17(23)6-4-16/h3-10H,2,11-15H2,1H3,(H,24,29). The summed E-state index contributed by atoms with van der Waals surface area (Å²) in [7, 11) is 0. The third-order valence-corrected chi connectivity index (χ3v) is 6.94. The second kappa shape index (κ2) is 10.3. The van der Waals surface area contributed by atoms with E-state index in [0.29, 0.717) is 13.0 Å². The summed E-state index contributed by atoms with van der Waals surface area (Å²) in [5.41, 5.74) is 1.96. The molecular weight excluding hydrogens is 450 g/mol. The van der Waals surface area contributed by atoms with E-state index < -0.39 is 0 Å². The number of benzene rings is 2. The van der Waals surface area contributed by atoms with Crippen molar-refractivity contribution in [2.24, 2.45) is 0 Å². The van der Waals surface area contributed by atoms with Crippen LogP contribution in [0.1, 0.15) is 17.8 Å². The van der Waals surface area contributed by atoms with E-state index in [2.05, 4.69) is 14.6 Å². The first kappa shape index (κ1) is 21.9. The van der Waals surface area contributed by atoms with Crippen LogP contribution in [-0.4, -0.2) is 52.7 Å². The van der Waals surface area contributed by atoms with E-state index in [1.807, 2.05) is 59.7 Å². The van der Waals surface area contributed by atoms with Gasteiger partial charge < -0.3 is 15.1 Å². The van der Waals surface area contributed by atoms with Gasteiger partial charge in [0, 0.05) is 59.7 Å². The van der Waals surface area contributed by atoms with Gasteiger partial charge >= 0.3 is 6.03 Å². The van der Waals surface area contributed by atoms with E-state index in [9.17, 15) is 4.79 Å². The fourth-order valence-electron chi connectivity index (χ4n) is 3.42. The minimum atomic E-state index is -0.0561. The lowest BCUT2D eigenvalue weighted by Crippen LogP contribution is -2.38. The van der Waals surface area contributed by atoms with Gasteiger partial charge in [0.15, 0.2) is 0 Å². The Labute approximate surface area is 195 Å². The number of urea groups is 1. The monoisotopic (exact) mass is 473 g/mol. The SMILES string of the molecule is CSc1ccc(NC(=O)N2CCCN(c3nc(Cc4ccc(Cl)cc4)ns3)CC2)cc1. The van der Waals surface area contributed by atoms with Crippen molar-refractivity contribution >= 4 is 51.7 Å². The highest BCUT2D eigenvalue weighted by atomic mass is 35.5. The molecular formula is C22H24ClN5OS2. The van der Waals surface area contributed by atoms with Crippen molar-refractivity contribution in [1.29, 1.82) is 0 Å². The summed E-state index contributed by atoms with van der Waals surface area (Å²) in [5, 5.41) is 4.65. The molecule has 0 bridgehead atoms. The number of carbonyl (C=O) groups is 1. The van der Waals surface area contributed by atoms with Crippen LogP contribution in [0.4, 0.5) is 15.6 Å². The number of thioether (sulfide) groups is 1. The summed E-state index contributed by atoms with van der Waals surface area (Å²) in [6, 6.07) is 15.6. The number of aromatic nitrogens is 2. The lowest BCUT2D eigenvalue weighted by molar-refractivity contribution is 0.215. The summed E-state index contributed by atoms with van der Waals surface area (Å²) < 4.78 is 4.53. The van der Waals surface area contributed by atoms with Gasteiger partial charge in [0.05, 0.1) is 0 Å². The topological polar surface area (TPSA) is 61.4 Å². The molecule has 2 aromatic carbocycles. The molecule has 6 nitrogen and oxygen atoms in total. The number of anilines is 2. The Morgan fingerprint density at radius 3 is 2.61 bits per heavy atom. The highest BCUT2D eigenvalue weighted by Gasteiger charge is 2.21. The molecule has 2 amide bonds. The maximum atomic E-state index is 12.7. The molecule has 2 heterocycles. The van der Waals surface area contributed by atoms with Crippen molar-refractivity contribution in [1.82, 2.24) is 14.3 Å². The molecule has 0 atom stereocenters. The fourth-order valence-corrected chi connectivity index (χ4v) is 4.69. The molecule has 0 spiro atoms. The maximum Gasteiger partial charge on any atom is 0.321 e. The molecule has 1 aliphatic rings. The Bertz CT molecular complexity index is 1010. The molecule has 4 rings (SSSR count). The van der Waals surface area contributed by atoms with Crippen LogP contribution in [0, 0.1) is 0 Å². The second-order valence-corrected chi connectivity index (χ2v) is 9.33. The highest BCUT2D eigenvalue weighted by molar-refractivity contribution is 7.98. The first-order valence-corrected chi connectivity index (χ1v) is 12.5. The normalized spacial score (nSPS) is 14.4. The van der Waals surface area contributed by atoms with E-state index >= 15 is 0 Å². The van der Waals surface area contributed by atoms with E-state index in [1.54, 1.807) is 11.8 Å². The lowest BCUT2D eigenvalue weighted by atomic mass is 10.1. The first-order valence-electron chi connectivity index (χ1n) is 10.1. The number of hydrogen-bond donors (Lipinski definition) is 1. The minimum absolute atomic E-state index is 0.0561. The average molecular weight is 474 g/mol. The smallest absolute Gasteiger partial charge is 0.321 e. The van der Waals surface area contributed by atoms with Crippen LogP contribution in [0.2, 0.25) is 5.02 Å². The number of halogens is 1. The third kappa shape index (κ3) is 5.90. The van der Waals surface area contributed by atoms with E-state index in [1.165, 1.54) is 16.4 Å². The largest absolute Gasteiger partial charge is 0.345 e.